The van der Waals surface area contributed by atoms with E-state index in [1.54, 1.807) is 0 Å². The molecule has 0 atom stereocenters. The molecule has 0 unspecified atom stereocenters. The van der Waals surface area contributed by atoms with E-state index in [2.05, 4.69) is 127 Å². The van der Waals surface area contributed by atoms with Crippen LogP contribution < -0.4 is 0 Å². The summed E-state index contributed by atoms with van der Waals surface area (Å²) in [5.74, 6) is 0. The molecular formula is C56H46Fe5. The molecule has 0 spiro atoms. The summed E-state index contributed by atoms with van der Waals surface area (Å²) >= 11 is 0. The zero-order chi connectivity index (χ0) is 38.3. The van der Waals surface area contributed by atoms with Crippen molar-refractivity contribution in [2.24, 2.45) is 0 Å². The third-order valence-corrected chi connectivity index (χ3v) is 8.91. The minimum Gasteiger partial charge on any atom is -0.214 e. The van der Waals surface area contributed by atoms with Crippen LogP contribution in [0.25, 0.3) is 55.6 Å². The fraction of sp³-hybridized carbons (Fsp3) is 0. The van der Waals surface area contributed by atoms with E-state index in [0.717, 1.165) is 0 Å². The molecule has 0 saturated heterocycles. The van der Waals surface area contributed by atoms with Gasteiger partial charge in [-0.25, -0.2) is 60.7 Å². The van der Waals surface area contributed by atoms with Crippen LogP contribution in [0.5, 0.6) is 0 Å². The molecule has 0 amide bonds. The molecule has 61 heavy (non-hydrogen) atoms. The average Bonchev–Trinajstić information content (AvgIpc) is 4.14. The van der Waals surface area contributed by atoms with Crippen molar-refractivity contribution in [1.82, 2.24) is 0 Å². The predicted molar refractivity (Wildman–Crippen MR) is 242 cm³/mol. The molecule has 5 heteroatoms. The number of hydrogen-bond donors (Lipinski definition) is 0. The molecule has 0 bridgehead atoms. The van der Waals surface area contributed by atoms with Crippen molar-refractivity contribution in [1.29, 1.82) is 0 Å². The Morgan fingerprint density at radius 3 is 0.574 bits per heavy atom. The Morgan fingerprint density at radius 1 is 0.213 bits per heavy atom. The summed E-state index contributed by atoms with van der Waals surface area (Å²) < 4.78 is 0. The van der Waals surface area contributed by atoms with Gasteiger partial charge in [-0.1, -0.05) is 0 Å². The van der Waals surface area contributed by atoms with Gasteiger partial charge in [-0.15, -0.1) is 88.5 Å². The molecule has 0 aliphatic heterocycles. The Labute approximate surface area is 416 Å². The maximum Gasteiger partial charge on any atom is 2.00 e. The van der Waals surface area contributed by atoms with Crippen LogP contribution in [-0.2, 0) is 85.3 Å². The molecule has 0 N–H and O–H groups in total. The molecule has 310 valence electrons. The van der Waals surface area contributed by atoms with Gasteiger partial charge in [0.15, 0.2) is 0 Å². The summed E-state index contributed by atoms with van der Waals surface area (Å²) in [4.78, 5) is 0. The Hall–Kier alpha value is -4.68. The van der Waals surface area contributed by atoms with Crippen molar-refractivity contribution in [3.05, 3.63) is 279 Å². The van der Waals surface area contributed by atoms with E-state index in [0.29, 0.717) is 0 Å². The molecule has 11 aromatic carbocycles. The second kappa shape index (κ2) is 32.1. The minimum absolute atomic E-state index is 0. The quantitative estimate of drug-likeness (QED) is 0.119. The van der Waals surface area contributed by atoms with Gasteiger partial charge >= 0.3 is 85.3 Å². The molecule has 0 fully saturated rings. The summed E-state index contributed by atoms with van der Waals surface area (Å²) in [7, 11) is 0. The number of rotatable bonds is 5. The topological polar surface area (TPSA) is 0 Å². The summed E-state index contributed by atoms with van der Waals surface area (Å²) in [6.45, 7) is 0. The van der Waals surface area contributed by atoms with Crippen molar-refractivity contribution < 1.29 is 85.3 Å². The van der Waals surface area contributed by atoms with E-state index in [1.165, 1.54) is 55.6 Å². The summed E-state index contributed by atoms with van der Waals surface area (Å²) in [5, 5.41) is 0. The van der Waals surface area contributed by atoms with Gasteiger partial charge in [0.25, 0.3) is 0 Å². The molecule has 11 rings (SSSR count). The number of hydrogen-bond acceptors (Lipinski definition) is 0. The first-order valence-corrected chi connectivity index (χ1v) is 19.0. The normalized spacial score (nSPS) is 8.98. The van der Waals surface area contributed by atoms with Crippen molar-refractivity contribution >= 4 is 0 Å². The maximum atomic E-state index is 2.39. The molecule has 0 saturated carbocycles. The van der Waals surface area contributed by atoms with Gasteiger partial charge < -0.3 is 0 Å². The fourth-order valence-corrected chi connectivity index (χ4v) is 6.36. The van der Waals surface area contributed by atoms with Gasteiger partial charge in [-0.2, -0.15) is 186 Å². The van der Waals surface area contributed by atoms with Crippen LogP contribution in [-0.4, -0.2) is 0 Å². The largest absolute Gasteiger partial charge is 2.00 e. The van der Waals surface area contributed by atoms with Gasteiger partial charge in [-0.05, 0) is 0 Å². The first kappa shape index (κ1) is 54.3. The number of benzene rings is 1. The molecule has 0 radical (unpaired) electrons. The van der Waals surface area contributed by atoms with Crippen molar-refractivity contribution in [2.45, 2.75) is 0 Å². The third-order valence-electron chi connectivity index (χ3n) is 8.91. The molecule has 0 heterocycles. The van der Waals surface area contributed by atoms with Gasteiger partial charge in [0, 0.05) is 0 Å². The summed E-state index contributed by atoms with van der Waals surface area (Å²) in [6.07, 6.45) is 0. The smallest absolute Gasteiger partial charge is 0.214 e. The molecule has 11 aromatic rings. The predicted octanol–water partition coefficient (Wildman–Crippen LogP) is 15.6. The molecular weight excluding hydrogens is 952 g/mol. The molecule has 0 aliphatic carbocycles. The Balaban J connectivity index is 0.000000502. The van der Waals surface area contributed by atoms with Crippen LogP contribution in [0, 0.1) is 0 Å². The zero-order valence-electron chi connectivity index (χ0n) is 33.3. The van der Waals surface area contributed by atoms with Crippen LogP contribution in [0.15, 0.2) is 279 Å². The second-order valence-electron chi connectivity index (χ2n) is 12.8. The van der Waals surface area contributed by atoms with E-state index in [1.807, 2.05) is 152 Å². The van der Waals surface area contributed by atoms with Crippen LogP contribution in [0.2, 0.25) is 0 Å². The monoisotopic (exact) mass is 998 g/mol. The van der Waals surface area contributed by atoms with E-state index >= 15 is 0 Å². The molecule has 0 aromatic heterocycles. The van der Waals surface area contributed by atoms with Crippen molar-refractivity contribution in [3.63, 3.8) is 0 Å². The second-order valence-corrected chi connectivity index (χ2v) is 12.8. The van der Waals surface area contributed by atoms with Crippen molar-refractivity contribution in [2.75, 3.05) is 0 Å². The minimum atomic E-state index is 0. The average molecular weight is 998 g/mol. The van der Waals surface area contributed by atoms with Gasteiger partial charge in [0.05, 0.1) is 0 Å². The Bertz CT molecular complexity index is 2070. The first-order chi connectivity index (χ1) is 27.9. The Morgan fingerprint density at radius 2 is 0.393 bits per heavy atom. The zero-order valence-corrected chi connectivity index (χ0v) is 38.8. The van der Waals surface area contributed by atoms with Crippen molar-refractivity contribution in [3.8, 4) is 55.6 Å². The summed E-state index contributed by atoms with van der Waals surface area (Å²) in [5.41, 5.74) is 12.7. The van der Waals surface area contributed by atoms with E-state index in [4.69, 9.17) is 0 Å². The van der Waals surface area contributed by atoms with Crippen LogP contribution in [0.1, 0.15) is 0 Å². The van der Waals surface area contributed by atoms with E-state index in [9.17, 15) is 0 Å². The Kier molecular flexibility index (Phi) is 28.6. The molecule has 0 nitrogen and oxygen atoms in total. The van der Waals surface area contributed by atoms with Gasteiger partial charge in [0.2, 0.25) is 0 Å². The molecule has 0 aliphatic rings. The van der Waals surface area contributed by atoms with E-state index < -0.39 is 0 Å². The van der Waals surface area contributed by atoms with E-state index in [-0.39, 0.29) is 85.3 Å². The SMILES string of the molecule is [Fe+2].[Fe+2].[Fe+2].[Fe+2].[Fe+2].c1cc[c-](-c2cc(-[c-]3cccc3)c(-[c-]3cccc3)c(-[c-]3cccc3)c2-[c-]2cccc2)c1.c1cc[cH-]c1.c1cc[cH-]c1.c1cc[cH-]c1.c1cc[cH-]c1.c1cc[cH-]c1. The first-order valence-electron chi connectivity index (χ1n) is 19.0. The van der Waals surface area contributed by atoms with Gasteiger partial charge in [-0.3, -0.25) is 0 Å². The third kappa shape index (κ3) is 17.3. The van der Waals surface area contributed by atoms with Crippen LogP contribution >= 0.6 is 0 Å². The summed E-state index contributed by atoms with van der Waals surface area (Å²) in [6, 6.07) is 95.9. The maximum absolute atomic E-state index is 2.39. The standard InChI is InChI=1S/C31H21.5C5H5.5Fe/c1-2-12-22(11-1)27-21-28(23-13-3-4-14-23)30(25-17-7-8-18-25)31(26-19-9-10-20-26)29(27)24-15-5-6-16-24;5*1-2-4-5-3-1;;;;;/h1-21H;5*1-5H;;;;;/q-5;5*-1;5*+2. The van der Waals surface area contributed by atoms with Crippen LogP contribution in [0.3, 0.4) is 0 Å². The fourth-order valence-electron chi connectivity index (χ4n) is 6.36. The van der Waals surface area contributed by atoms with Crippen LogP contribution in [0.4, 0.5) is 0 Å². The van der Waals surface area contributed by atoms with Gasteiger partial charge in [0.1, 0.15) is 0 Å².